The molecule has 0 fully saturated rings. The first-order valence-electron chi connectivity index (χ1n) is 5.20. The highest BCUT2D eigenvalue weighted by Crippen LogP contribution is 2.23. The molecule has 0 aromatic carbocycles. The molecule has 2 N–H and O–H groups in total. The lowest BCUT2D eigenvalue weighted by Gasteiger charge is -2.16. The fourth-order valence-corrected chi connectivity index (χ4v) is 2.90. The van der Waals surface area contributed by atoms with Crippen LogP contribution < -0.4 is 5.73 Å². The van der Waals surface area contributed by atoms with Gasteiger partial charge in [-0.15, -0.1) is 10.2 Å². The van der Waals surface area contributed by atoms with E-state index in [4.69, 9.17) is 5.73 Å². The number of thioether (sulfide) groups is 1. The molecule has 0 bridgehead atoms. The van der Waals surface area contributed by atoms with Crippen LogP contribution in [0.1, 0.15) is 20.3 Å². The monoisotopic (exact) mass is 246 g/mol. The second-order valence-corrected chi connectivity index (χ2v) is 5.49. The molecule has 0 aliphatic rings. The summed E-state index contributed by atoms with van der Waals surface area (Å²) in [6.45, 7) is 7.82. The van der Waals surface area contributed by atoms with Crippen molar-refractivity contribution in [2.45, 2.75) is 24.6 Å². The third-order valence-electron chi connectivity index (χ3n) is 2.16. The van der Waals surface area contributed by atoms with Crippen LogP contribution in [-0.2, 0) is 0 Å². The Hall–Kier alpha value is -0.330. The second kappa shape index (κ2) is 7.03. The SMILES string of the molecule is CCN(CC)CCCSc1nnc(N)s1. The second-order valence-electron chi connectivity index (χ2n) is 3.14. The molecule has 0 aliphatic carbocycles. The van der Waals surface area contributed by atoms with Gasteiger partial charge < -0.3 is 10.6 Å². The van der Waals surface area contributed by atoms with Crippen LogP contribution in [0.2, 0.25) is 0 Å². The van der Waals surface area contributed by atoms with Crippen LogP contribution in [0.25, 0.3) is 0 Å². The summed E-state index contributed by atoms with van der Waals surface area (Å²) in [6.07, 6.45) is 1.19. The van der Waals surface area contributed by atoms with E-state index in [1.165, 1.54) is 17.8 Å². The van der Waals surface area contributed by atoms with Crippen LogP contribution >= 0.6 is 23.1 Å². The zero-order valence-corrected chi connectivity index (χ0v) is 10.9. The van der Waals surface area contributed by atoms with E-state index in [1.54, 1.807) is 11.8 Å². The summed E-state index contributed by atoms with van der Waals surface area (Å²) in [5.41, 5.74) is 5.50. The smallest absolute Gasteiger partial charge is 0.203 e. The summed E-state index contributed by atoms with van der Waals surface area (Å²) in [5.74, 6) is 1.09. The van der Waals surface area contributed by atoms with E-state index in [0.29, 0.717) is 5.13 Å². The van der Waals surface area contributed by atoms with E-state index in [0.717, 1.165) is 29.7 Å². The minimum absolute atomic E-state index is 0.557. The van der Waals surface area contributed by atoms with Gasteiger partial charge >= 0.3 is 0 Å². The molecule has 6 heteroatoms. The normalized spacial score (nSPS) is 11.1. The first kappa shape index (κ1) is 12.7. The Kier molecular flexibility index (Phi) is 5.97. The zero-order valence-electron chi connectivity index (χ0n) is 9.27. The molecule has 0 unspecified atom stereocenters. The Labute approximate surface area is 99.3 Å². The Balaban J connectivity index is 2.11. The van der Waals surface area contributed by atoms with E-state index in [1.807, 2.05) is 0 Å². The fourth-order valence-electron chi connectivity index (χ4n) is 1.27. The predicted molar refractivity (Wildman–Crippen MR) is 67.5 cm³/mol. The molecule has 86 valence electrons. The summed E-state index contributed by atoms with van der Waals surface area (Å²) in [6, 6.07) is 0. The number of nitrogens with zero attached hydrogens (tertiary/aromatic N) is 3. The Morgan fingerprint density at radius 3 is 2.60 bits per heavy atom. The molecule has 0 aliphatic heterocycles. The maximum atomic E-state index is 5.50. The van der Waals surface area contributed by atoms with Gasteiger partial charge in [-0.2, -0.15) is 0 Å². The highest BCUT2D eigenvalue weighted by Gasteiger charge is 2.02. The first-order chi connectivity index (χ1) is 7.26. The topological polar surface area (TPSA) is 55.0 Å². The molecular weight excluding hydrogens is 228 g/mol. The first-order valence-corrected chi connectivity index (χ1v) is 7.00. The zero-order chi connectivity index (χ0) is 11.1. The van der Waals surface area contributed by atoms with Crippen molar-refractivity contribution >= 4 is 28.2 Å². The van der Waals surface area contributed by atoms with E-state index in [9.17, 15) is 0 Å². The number of nitrogens with two attached hydrogens (primary N) is 1. The van der Waals surface area contributed by atoms with Gasteiger partial charge in [0.1, 0.15) is 0 Å². The lowest BCUT2D eigenvalue weighted by molar-refractivity contribution is 0.305. The van der Waals surface area contributed by atoms with Crippen molar-refractivity contribution in [2.24, 2.45) is 0 Å². The summed E-state index contributed by atoms with van der Waals surface area (Å²) in [7, 11) is 0. The number of hydrogen-bond donors (Lipinski definition) is 1. The predicted octanol–water partition coefficient (Wildman–Crippen LogP) is 1.94. The number of aromatic nitrogens is 2. The van der Waals surface area contributed by atoms with Crippen LogP contribution in [0.15, 0.2) is 4.34 Å². The maximum Gasteiger partial charge on any atom is 0.203 e. The van der Waals surface area contributed by atoms with Crippen LogP contribution in [0.4, 0.5) is 5.13 Å². The lowest BCUT2D eigenvalue weighted by atomic mass is 10.4. The van der Waals surface area contributed by atoms with Gasteiger partial charge in [-0.05, 0) is 26.1 Å². The Morgan fingerprint density at radius 2 is 2.07 bits per heavy atom. The maximum absolute atomic E-state index is 5.50. The molecule has 0 radical (unpaired) electrons. The van der Waals surface area contributed by atoms with Gasteiger partial charge in [0.25, 0.3) is 0 Å². The molecule has 1 heterocycles. The van der Waals surface area contributed by atoms with Crippen molar-refractivity contribution in [3.63, 3.8) is 0 Å². The molecule has 0 spiro atoms. The minimum atomic E-state index is 0.557. The minimum Gasteiger partial charge on any atom is -0.374 e. The molecule has 0 amide bonds. The van der Waals surface area contributed by atoms with Crippen molar-refractivity contribution in [1.82, 2.24) is 15.1 Å². The Morgan fingerprint density at radius 1 is 1.33 bits per heavy atom. The van der Waals surface area contributed by atoms with E-state index in [-0.39, 0.29) is 0 Å². The van der Waals surface area contributed by atoms with Crippen LogP contribution in [0.3, 0.4) is 0 Å². The largest absolute Gasteiger partial charge is 0.374 e. The summed E-state index contributed by atoms with van der Waals surface area (Å²) in [4.78, 5) is 2.43. The molecule has 4 nitrogen and oxygen atoms in total. The van der Waals surface area contributed by atoms with Crippen LogP contribution in [0, 0.1) is 0 Å². The molecule has 0 saturated carbocycles. The van der Waals surface area contributed by atoms with Crippen molar-refractivity contribution in [3.8, 4) is 0 Å². The van der Waals surface area contributed by atoms with E-state index in [2.05, 4.69) is 28.9 Å². The number of nitrogen functional groups attached to an aromatic ring is 1. The third kappa shape index (κ3) is 4.81. The van der Waals surface area contributed by atoms with Crippen LogP contribution in [0.5, 0.6) is 0 Å². The van der Waals surface area contributed by atoms with Gasteiger partial charge in [0.05, 0.1) is 0 Å². The van der Waals surface area contributed by atoms with Gasteiger partial charge in [-0.3, -0.25) is 0 Å². The van der Waals surface area contributed by atoms with Crippen molar-refractivity contribution in [2.75, 3.05) is 31.1 Å². The molecule has 1 aromatic heterocycles. The highest BCUT2D eigenvalue weighted by molar-refractivity contribution is 8.01. The Bertz CT molecular complexity index is 273. The highest BCUT2D eigenvalue weighted by atomic mass is 32.2. The number of hydrogen-bond acceptors (Lipinski definition) is 6. The summed E-state index contributed by atoms with van der Waals surface area (Å²) in [5, 5.41) is 8.30. The number of anilines is 1. The van der Waals surface area contributed by atoms with E-state index < -0.39 is 0 Å². The average molecular weight is 246 g/mol. The van der Waals surface area contributed by atoms with Gasteiger partial charge in [0, 0.05) is 5.75 Å². The summed E-state index contributed by atoms with van der Waals surface area (Å²) >= 11 is 3.21. The van der Waals surface area contributed by atoms with E-state index >= 15 is 0 Å². The van der Waals surface area contributed by atoms with Crippen molar-refractivity contribution in [3.05, 3.63) is 0 Å². The third-order valence-corrected chi connectivity index (χ3v) is 4.13. The quantitative estimate of drug-likeness (QED) is 0.588. The van der Waals surface area contributed by atoms with Crippen LogP contribution in [-0.4, -0.2) is 40.5 Å². The van der Waals surface area contributed by atoms with Gasteiger partial charge in [-0.25, -0.2) is 0 Å². The van der Waals surface area contributed by atoms with Crippen molar-refractivity contribution in [1.29, 1.82) is 0 Å². The molecule has 0 atom stereocenters. The standard InChI is InChI=1S/C9H18N4S2/c1-3-13(4-2)6-5-7-14-9-12-11-8(10)15-9/h3-7H2,1-2H3,(H2,10,11). The molecule has 1 rings (SSSR count). The van der Waals surface area contributed by atoms with Gasteiger partial charge in [0.2, 0.25) is 5.13 Å². The molecule has 0 saturated heterocycles. The number of rotatable bonds is 7. The lowest BCUT2D eigenvalue weighted by Crippen LogP contribution is -2.24. The molecule has 15 heavy (non-hydrogen) atoms. The summed E-state index contributed by atoms with van der Waals surface area (Å²) < 4.78 is 0.979. The van der Waals surface area contributed by atoms with Crippen molar-refractivity contribution < 1.29 is 0 Å². The fraction of sp³-hybridized carbons (Fsp3) is 0.778. The van der Waals surface area contributed by atoms with Gasteiger partial charge in [0.15, 0.2) is 4.34 Å². The average Bonchev–Trinajstić information content (AvgIpc) is 2.65. The molecular formula is C9H18N4S2. The molecule has 1 aromatic rings. The van der Waals surface area contributed by atoms with Gasteiger partial charge in [-0.1, -0.05) is 36.9 Å².